The molecule has 0 spiro atoms. The van der Waals surface area contributed by atoms with Gasteiger partial charge in [0.1, 0.15) is 6.29 Å². The SMILES string of the molecule is CCCC=O.[BaH2]. The first-order chi connectivity index (χ1) is 2.41. The predicted octanol–water partition coefficient (Wildman–Crippen LogP) is 0.0692. The third-order valence-corrected chi connectivity index (χ3v) is 0.407. The van der Waals surface area contributed by atoms with Crippen molar-refractivity contribution in [2.75, 3.05) is 0 Å². The Morgan fingerprint density at radius 3 is 2.17 bits per heavy atom. The Morgan fingerprint density at radius 1 is 1.67 bits per heavy atom. The second kappa shape index (κ2) is 9.53. The van der Waals surface area contributed by atoms with Gasteiger partial charge in [0.05, 0.1) is 0 Å². The molecule has 0 rings (SSSR count). The summed E-state index contributed by atoms with van der Waals surface area (Å²) in [5, 5.41) is 0. The summed E-state index contributed by atoms with van der Waals surface area (Å²) >= 11 is 0. The molecular weight excluding hydrogens is 201 g/mol. The topological polar surface area (TPSA) is 17.1 Å². The van der Waals surface area contributed by atoms with Gasteiger partial charge in [0, 0.05) is 6.42 Å². The van der Waals surface area contributed by atoms with Crippen LogP contribution >= 0.6 is 0 Å². The molecule has 0 fully saturated rings. The van der Waals surface area contributed by atoms with Gasteiger partial charge >= 0.3 is 48.9 Å². The second-order valence-electron chi connectivity index (χ2n) is 0.955. The maximum absolute atomic E-state index is 9.40. The fourth-order valence-corrected chi connectivity index (χ4v) is 0.118. The van der Waals surface area contributed by atoms with Crippen LogP contribution in [0.1, 0.15) is 19.8 Å². The molecule has 6 heavy (non-hydrogen) atoms. The van der Waals surface area contributed by atoms with E-state index < -0.39 is 0 Å². The van der Waals surface area contributed by atoms with Crippen LogP contribution in [0.4, 0.5) is 0 Å². The quantitative estimate of drug-likeness (QED) is 0.467. The standard InChI is InChI=1S/C4H8O.Ba.2H/c1-2-3-4-5;;;/h4H,2-3H2,1H3;;;. The van der Waals surface area contributed by atoms with Crippen LogP contribution in [-0.2, 0) is 4.79 Å². The summed E-state index contributed by atoms with van der Waals surface area (Å²) in [5.41, 5.74) is 0. The third kappa shape index (κ3) is 8.97. The first-order valence-corrected chi connectivity index (χ1v) is 1.85. The molecule has 0 unspecified atom stereocenters. The second-order valence-corrected chi connectivity index (χ2v) is 0.955. The fraction of sp³-hybridized carbons (Fsp3) is 0.750. The Balaban J connectivity index is 0. The number of aldehydes is 1. The van der Waals surface area contributed by atoms with Gasteiger partial charge in [-0.25, -0.2) is 0 Å². The van der Waals surface area contributed by atoms with Crippen molar-refractivity contribution in [2.24, 2.45) is 0 Å². The molecule has 0 atom stereocenters. The molecule has 0 heterocycles. The monoisotopic (exact) mass is 212 g/mol. The van der Waals surface area contributed by atoms with E-state index in [9.17, 15) is 4.79 Å². The van der Waals surface area contributed by atoms with Gasteiger partial charge in [0.15, 0.2) is 0 Å². The molecule has 0 aliphatic rings. The number of carbonyl (C=O) groups excluding carboxylic acids is 1. The van der Waals surface area contributed by atoms with Crippen molar-refractivity contribution in [3.8, 4) is 0 Å². The van der Waals surface area contributed by atoms with E-state index in [2.05, 4.69) is 0 Å². The third-order valence-electron chi connectivity index (χ3n) is 0.407. The van der Waals surface area contributed by atoms with Gasteiger partial charge in [-0.05, 0) is 6.42 Å². The summed E-state index contributed by atoms with van der Waals surface area (Å²) in [6.07, 6.45) is 2.61. The Bertz CT molecular complexity index is 28.7. The van der Waals surface area contributed by atoms with Gasteiger partial charge in [-0.15, -0.1) is 0 Å². The van der Waals surface area contributed by atoms with Crippen LogP contribution in [0.3, 0.4) is 0 Å². The number of unbranched alkanes of at least 4 members (excludes halogenated alkanes) is 1. The van der Waals surface area contributed by atoms with E-state index in [-0.39, 0.29) is 48.9 Å². The Kier molecular flexibility index (Phi) is 16.3. The molecule has 0 aromatic rings. The van der Waals surface area contributed by atoms with E-state index in [0.717, 1.165) is 12.7 Å². The Hall–Kier alpha value is 1.24. The van der Waals surface area contributed by atoms with Crippen LogP contribution in [-0.4, -0.2) is 55.2 Å². The van der Waals surface area contributed by atoms with Crippen LogP contribution in [0.5, 0.6) is 0 Å². The van der Waals surface area contributed by atoms with Gasteiger partial charge < -0.3 is 4.79 Å². The molecule has 1 nitrogen and oxygen atoms in total. The maximum atomic E-state index is 9.40. The van der Waals surface area contributed by atoms with Crippen molar-refractivity contribution < 1.29 is 4.79 Å². The van der Waals surface area contributed by atoms with Gasteiger partial charge in [-0.1, -0.05) is 6.92 Å². The van der Waals surface area contributed by atoms with Crippen LogP contribution in [0, 0.1) is 0 Å². The minimum atomic E-state index is 0. The van der Waals surface area contributed by atoms with Crippen molar-refractivity contribution in [1.82, 2.24) is 0 Å². The fourth-order valence-electron chi connectivity index (χ4n) is 0.118. The summed E-state index contributed by atoms with van der Waals surface area (Å²) in [4.78, 5) is 9.40. The molecule has 0 N–H and O–H groups in total. The van der Waals surface area contributed by atoms with E-state index in [0.29, 0.717) is 6.42 Å². The van der Waals surface area contributed by atoms with Crippen molar-refractivity contribution in [1.29, 1.82) is 0 Å². The summed E-state index contributed by atoms with van der Waals surface area (Å²) in [5.74, 6) is 0. The molecular formula is C4H10BaO. The van der Waals surface area contributed by atoms with Crippen LogP contribution < -0.4 is 0 Å². The predicted molar refractivity (Wildman–Crippen MR) is 29.5 cm³/mol. The molecule has 2 heteroatoms. The summed E-state index contributed by atoms with van der Waals surface area (Å²) in [6.45, 7) is 1.98. The molecule has 34 valence electrons. The van der Waals surface area contributed by atoms with E-state index >= 15 is 0 Å². The van der Waals surface area contributed by atoms with Crippen molar-refractivity contribution in [3.05, 3.63) is 0 Å². The van der Waals surface area contributed by atoms with E-state index in [4.69, 9.17) is 0 Å². The number of hydrogen-bond acceptors (Lipinski definition) is 1. The first-order valence-electron chi connectivity index (χ1n) is 1.85. The van der Waals surface area contributed by atoms with Crippen LogP contribution in [0.2, 0.25) is 0 Å². The minimum absolute atomic E-state index is 0. The molecule has 0 aromatic heterocycles. The van der Waals surface area contributed by atoms with Gasteiger partial charge in [0.2, 0.25) is 0 Å². The summed E-state index contributed by atoms with van der Waals surface area (Å²) < 4.78 is 0. The van der Waals surface area contributed by atoms with Crippen molar-refractivity contribution in [3.63, 3.8) is 0 Å². The number of hydrogen-bond donors (Lipinski definition) is 0. The van der Waals surface area contributed by atoms with E-state index in [1.165, 1.54) is 0 Å². The zero-order chi connectivity index (χ0) is 4.12. The number of rotatable bonds is 2. The van der Waals surface area contributed by atoms with Crippen LogP contribution in [0.25, 0.3) is 0 Å². The molecule has 0 saturated carbocycles. The Morgan fingerprint density at radius 2 is 2.17 bits per heavy atom. The average Bonchev–Trinajstić information content (AvgIpc) is 1.41. The van der Waals surface area contributed by atoms with Gasteiger partial charge in [0.25, 0.3) is 0 Å². The molecule has 0 aliphatic carbocycles. The molecule has 0 saturated heterocycles. The first kappa shape index (κ1) is 10.3. The average molecular weight is 211 g/mol. The van der Waals surface area contributed by atoms with Crippen LogP contribution in [0.15, 0.2) is 0 Å². The molecule has 0 aromatic carbocycles. The molecule has 0 bridgehead atoms. The summed E-state index contributed by atoms with van der Waals surface area (Å²) in [7, 11) is 0. The molecule has 0 amide bonds. The van der Waals surface area contributed by atoms with Crippen molar-refractivity contribution >= 4 is 55.2 Å². The normalized spacial score (nSPS) is 6.17. The zero-order valence-corrected chi connectivity index (χ0v) is 3.40. The number of carbonyl (C=O) groups is 1. The van der Waals surface area contributed by atoms with E-state index in [1.807, 2.05) is 6.92 Å². The van der Waals surface area contributed by atoms with E-state index in [1.54, 1.807) is 0 Å². The summed E-state index contributed by atoms with van der Waals surface area (Å²) in [6, 6.07) is 0. The zero-order valence-electron chi connectivity index (χ0n) is 3.40. The molecule has 0 aliphatic heterocycles. The van der Waals surface area contributed by atoms with Crippen molar-refractivity contribution in [2.45, 2.75) is 19.8 Å². The van der Waals surface area contributed by atoms with Gasteiger partial charge in [-0.3, -0.25) is 0 Å². The Labute approximate surface area is 78.6 Å². The van der Waals surface area contributed by atoms with Gasteiger partial charge in [-0.2, -0.15) is 0 Å². The molecule has 0 radical (unpaired) electrons.